The molecule has 0 aliphatic rings. The molecule has 0 atom stereocenters. The van der Waals surface area contributed by atoms with Crippen molar-refractivity contribution in [3.05, 3.63) is 0 Å². The standard InChI is InChI=1S/C6H15NO3.3C4H8O2/c8-4-1-7(2-5-9)3-6-10;3*1-2-3-4(5)6/h8-10H,1-6H2;3*2-3H2,1H3,(H,5,6). The van der Waals surface area contributed by atoms with Gasteiger partial charge in [-0.3, -0.25) is 19.3 Å². The maximum absolute atomic E-state index is 9.60. The van der Waals surface area contributed by atoms with E-state index in [4.69, 9.17) is 30.6 Å². The Morgan fingerprint density at radius 3 is 0.857 bits per heavy atom. The van der Waals surface area contributed by atoms with Crippen LogP contribution >= 0.6 is 0 Å². The summed E-state index contributed by atoms with van der Waals surface area (Å²) in [6, 6.07) is 0. The molecule has 0 aromatic rings. The minimum absolute atomic E-state index is 0.0694. The number of carboxylic acid groups (broad SMARTS) is 3. The van der Waals surface area contributed by atoms with Crippen molar-refractivity contribution in [2.45, 2.75) is 59.3 Å². The highest BCUT2D eigenvalue weighted by atomic mass is 16.4. The third-order valence-corrected chi connectivity index (χ3v) is 2.64. The largest absolute Gasteiger partial charge is 0.481 e. The lowest BCUT2D eigenvalue weighted by atomic mass is 10.4. The van der Waals surface area contributed by atoms with E-state index in [1.807, 2.05) is 20.8 Å². The monoisotopic (exact) mass is 413 g/mol. The summed E-state index contributed by atoms with van der Waals surface area (Å²) >= 11 is 0. The number of nitrogens with zero attached hydrogens (tertiary/aromatic N) is 1. The summed E-state index contributed by atoms with van der Waals surface area (Å²) < 4.78 is 0. The van der Waals surface area contributed by atoms with Gasteiger partial charge in [0, 0.05) is 38.9 Å². The van der Waals surface area contributed by atoms with Gasteiger partial charge in [-0.05, 0) is 19.3 Å². The van der Waals surface area contributed by atoms with Crippen molar-refractivity contribution in [1.29, 1.82) is 0 Å². The highest BCUT2D eigenvalue weighted by Gasteiger charge is 2.00. The second-order valence-electron chi connectivity index (χ2n) is 5.44. The molecule has 0 radical (unpaired) electrons. The number of aliphatic carboxylic acids is 3. The predicted octanol–water partition coefficient (Wildman–Crippen LogP) is 0.879. The van der Waals surface area contributed by atoms with Crippen LogP contribution in [0.5, 0.6) is 0 Å². The molecule has 28 heavy (non-hydrogen) atoms. The summed E-state index contributed by atoms with van der Waals surface area (Å²) in [7, 11) is 0. The highest BCUT2D eigenvalue weighted by molar-refractivity contribution is 5.67. The SMILES string of the molecule is CCCC(=O)O.CCCC(=O)O.CCCC(=O)O.OCCN(CCO)CCO. The number of hydrogen-bond donors (Lipinski definition) is 6. The maximum atomic E-state index is 9.60. The average molecular weight is 414 g/mol. The van der Waals surface area contributed by atoms with Gasteiger partial charge in [0.1, 0.15) is 0 Å². The molecule has 170 valence electrons. The first-order valence-electron chi connectivity index (χ1n) is 9.36. The van der Waals surface area contributed by atoms with Crippen LogP contribution in [0.2, 0.25) is 0 Å². The van der Waals surface area contributed by atoms with Crippen LogP contribution in [-0.2, 0) is 14.4 Å². The Morgan fingerprint density at radius 1 is 0.571 bits per heavy atom. The van der Waals surface area contributed by atoms with Crippen LogP contribution in [-0.4, -0.2) is 92.9 Å². The van der Waals surface area contributed by atoms with Crippen LogP contribution in [0, 0.1) is 0 Å². The Bertz CT molecular complexity index is 300. The van der Waals surface area contributed by atoms with Crippen LogP contribution in [0.4, 0.5) is 0 Å². The van der Waals surface area contributed by atoms with Crippen molar-refractivity contribution in [2.75, 3.05) is 39.5 Å². The summed E-state index contributed by atoms with van der Waals surface area (Å²) in [5.74, 6) is -2.13. The Hall–Kier alpha value is -1.75. The molecule has 0 fully saturated rings. The average Bonchev–Trinajstić information content (AvgIpc) is 2.57. The minimum Gasteiger partial charge on any atom is -0.481 e. The second-order valence-corrected chi connectivity index (χ2v) is 5.44. The van der Waals surface area contributed by atoms with E-state index < -0.39 is 17.9 Å². The summed E-state index contributed by atoms with van der Waals surface area (Å²) in [5.41, 5.74) is 0. The summed E-state index contributed by atoms with van der Waals surface area (Å²) in [5, 5.41) is 49.2. The van der Waals surface area contributed by atoms with Crippen molar-refractivity contribution in [2.24, 2.45) is 0 Å². The lowest BCUT2D eigenvalue weighted by Gasteiger charge is -2.17. The molecule has 0 heterocycles. The lowest BCUT2D eigenvalue weighted by molar-refractivity contribution is -0.138. The van der Waals surface area contributed by atoms with Crippen molar-refractivity contribution in [3.8, 4) is 0 Å². The van der Waals surface area contributed by atoms with Crippen LogP contribution in [0.1, 0.15) is 59.3 Å². The lowest BCUT2D eigenvalue weighted by Crippen LogP contribution is -2.32. The van der Waals surface area contributed by atoms with Crippen LogP contribution in [0.15, 0.2) is 0 Å². The number of carboxylic acids is 3. The Labute approximate surface area is 167 Å². The quantitative estimate of drug-likeness (QED) is 0.269. The molecule has 0 unspecified atom stereocenters. The molecule has 0 saturated heterocycles. The van der Waals surface area contributed by atoms with Gasteiger partial charge in [-0.25, -0.2) is 0 Å². The van der Waals surface area contributed by atoms with Gasteiger partial charge < -0.3 is 30.6 Å². The Kier molecular flexibility index (Phi) is 36.2. The second kappa shape index (κ2) is 30.0. The van der Waals surface area contributed by atoms with E-state index in [1.54, 1.807) is 4.90 Å². The first-order valence-corrected chi connectivity index (χ1v) is 9.36. The fourth-order valence-corrected chi connectivity index (χ4v) is 1.40. The van der Waals surface area contributed by atoms with E-state index in [0.29, 0.717) is 38.9 Å². The first kappa shape index (κ1) is 33.8. The van der Waals surface area contributed by atoms with Crippen LogP contribution in [0.3, 0.4) is 0 Å². The molecule has 0 aliphatic carbocycles. The van der Waals surface area contributed by atoms with Crippen molar-refractivity contribution < 1.29 is 45.0 Å². The van der Waals surface area contributed by atoms with Gasteiger partial charge in [0.15, 0.2) is 0 Å². The molecule has 0 amide bonds. The predicted molar refractivity (Wildman–Crippen MR) is 105 cm³/mol. The van der Waals surface area contributed by atoms with Crippen LogP contribution in [0.25, 0.3) is 0 Å². The zero-order valence-corrected chi connectivity index (χ0v) is 17.3. The Balaban J connectivity index is -0.000000142. The molecule has 0 aromatic carbocycles. The summed E-state index contributed by atoms with van der Waals surface area (Å²) in [6.45, 7) is 7.28. The summed E-state index contributed by atoms with van der Waals surface area (Å²) in [6.07, 6.45) is 3.07. The molecular formula is C18H39NO9. The van der Waals surface area contributed by atoms with E-state index in [9.17, 15) is 14.4 Å². The topological polar surface area (TPSA) is 176 Å². The van der Waals surface area contributed by atoms with Gasteiger partial charge in [-0.15, -0.1) is 0 Å². The molecule has 0 bridgehead atoms. The minimum atomic E-state index is -0.711. The van der Waals surface area contributed by atoms with Crippen LogP contribution < -0.4 is 0 Å². The third kappa shape index (κ3) is 49.6. The summed E-state index contributed by atoms with van der Waals surface area (Å²) in [4.78, 5) is 30.6. The van der Waals surface area contributed by atoms with Gasteiger partial charge in [-0.2, -0.15) is 0 Å². The molecule has 0 aromatic heterocycles. The normalized spacial score (nSPS) is 9.11. The zero-order valence-electron chi connectivity index (χ0n) is 17.3. The molecule has 0 aliphatic heterocycles. The van der Waals surface area contributed by atoms with E-state index in [1.165, 1.54) is 0 Å². The number of carbonyl (C=O) groups is 3. The van der Waals surface area contributed by atoms with Gasteiger partial charge in [0.2, 0.25) is 0 Å². The first-order chi connectivity index (χ1) is 13.2. The molecule has 10 heteroatoms. The molecule has 0 spiro atoms. The fraction of sp³-hybridized carbons (Fsp3) is 0.833. The van der Waals surface area contributed by atoms with E-state index in [0.717, 1.165) is 19.3 Å². The van der Waals surface area contributed by atoms with Gasteiger partial charge in [-0.1, -0.05) is 20.8 Å². The molecular weight excluding hydrogens is 374 g/mol. The van der Waals surface area contributed by atoms with E-state index >= 15 is 0 Å². The molecule has 0 rings (SSSR count). The highest BCUT2D eigenvalue weighted by Crippen LogP contribution is 1.84. The van der Waals surface area contributed by atoms with E-state index in [-0.39, 0.29) is 19.8 Å². The Morgan fingerprint density at radius 2 is 0.786 bits per heavy atom. The van der Waals surface area contributed by atoms with Crippen molar-refractivity contribution in [1.82, 2.24) is 4.90 Å². The third-order valence-electron chi connectivity index (χ3n) is 2.64. The molecule has 0 saturated carbocycles. The number of hydrogen-bond acceptors (Lipinski definition) is 7. The fourth-order valence-electron chi connectivity index (χ4n) is 1.40. The van der Waals surface area contributed by atoms with Gasteiger partial charge >= 0.3 is 17.9 Å². The van der Waals surface area contributed by atoms with Gasteiger partial charge in [0.25, 0.3) is 0 Å². The van der Waals surface area contributed by atoms with Crippen molar-refractivity contribution in [3.63, 3.8) is 0 Å². The van der Waals surface area contributed by atoms with Crippen molar-refractivity contribution >= 4 is 17.9 Å². The van der Waals surface area contributed by atoms with Gasteiger partial charge in [0.05, 0.1) is 19.8 Å². The van der Waals surface area contributed by atoms with E-state index in [2.05, 4.69) is 0 Å². The molecule has 10 nitrogen and oxygen atoms in total. The maximum Gasteiger partial charge on any atom is 0.303 e. The smallest absolute Gasteiger partial charge is 0.303 e. The number of rotatable bonds is 12. The zero-order chi connectivity index (χ0) is 22.8. The number of aliphatic hydroxyl groups excluding tert-OH is 3. The number of aliphatic hydroxyl groups is 3. The molecule has 6 N–H and O–H groups in total.